The Morgan fingerprint density at radius 1 is 1.07 bits per heavy atom. The molecule has 1 aromatic carbocycles. The second kappa shape index (κ2) is 15.0. The molecule has 0 aromatic heterocycles. The van der Waals surface area contributed by atoms with Crippen LogP contribution >= 0.6 is 0 Å². The van der Waals surface area contributed by atoms with Gasteiger partial charge in [0.2, 0.25) is 0 Å². The van der Waals surface area contributed by atoms with Crippen LogP contribution in [0.25, 0.3) is 0 Å². The molecule has 0 radical (unpaired) electrons. The maximum atomic E-state index is 5.63. The summed E-state index contributed by atoms with van der Waals surface area (Å²) in [5.74, 6) is 1.73. The van der Waals surface area contributed by atoms with Crippen LogP contribution in [0.5, 0.6) is 5.75 Å². The molecule has 2 N–H and O–H groups in total. The molecule has 7 heteroatoms. The van der Waals surface area contributed by atoms with Gasteiger partial charge in [-0.25, -0.2) is 0 Å². The lowest BCUT2D eigenvalue weighted by atomic mass is 10.0. The first kappa shape index (κ1) is 24.4. The predicted octanol–water partition coefficient (Wildman–Crippen LogP) is 2.83. The van der Waals surface area contributed by atoms with Gasteiger partial charge >= 0.3 is 0 Å². The van der Waals surface area contributed by atoms with Crippen LogP contribution in [-0.2, 0) is 9.47 Å². The van der Waals surface area contributed by atoms with Gasteiger partial charge in [0, 0.05) is 32.3 Å². The zero-order valence-electron chi connectivity index (χ0n) is 19.0. The van der Waals surface area contributed by atoms with Crippen molar-refractivity contribution >= 4 is 5.96 Å². The molecule has 0 saturated carbocycles. The molecule has 1 aromatic rings. The number of likely N-dealkylation sites (tertiary alicyclic amines) is 1. The number of aliphatic imine (C=N–C) groups is 1. The number of para-hydroxylation sites is 1. The summed E-state index contributed by atoms with van der Waals surface area (Å²) in [5, 5.41) is 6.81. The number of guanidine groups is 1. The van der Waals surface area contributed by atoms with Crippen molar-refractivity contribution in [2.24, 2.45) is 4.99 Å². The molecule has 2 rings (SSSR count). The number of hydrogen-bond donors (Lipinski definition) is 2. The van der Waals surface area contributed by atoms with Gasteiger partial charge in [-0.2, -0.15) is 0 Å². The second-order valence-corrected chi connectivity index (χ2v) is 7.46. The average molecular weight is 421 g/mol. The van der Waals surface area contributed by atoms with Gasteiger partial charge in [-0.3, -0.25) is 9.89 Å². The zero-order valence-corrected chi connectivity index (χ0v) is 19.0. The van der Waals surface area contributed by atoms with Crippen LogP contribution in [-0.4, -0.2) is 77.6 Å². The summed E-state index contributed by atoms with van der Waals surface area (Å²) in [4.78, 5) is 6.88. The summed E-state index contributed by atoms with van der Waals surface area (Å²) in [6.07, 6.45) is 4.76. The molecular formula is C23H40N4O3. The van der Waals surface area contributed by atoms with Crippen molar-refractivity contribution in [1.29, 1.82) is 0 Å². The Kier molecular flexibility index (Phi) is 12.3. The van der Waals surface area contributed by atoms with E-state index < -0.39 is 0 Å². The fraction of sp³-hybridized carbons (Fsp3) is 0.696. The molecule has 0 spiro atoms. The lowest BCUT2D eigenvalue weighted by Crippen LogP contribution is -2.43. The molecule has 0 aliphatic carbocycles. The van der Waals surface area contributed by atoms with E-state index in [4.69, 9.17) is 14.2 Å². The van der Waals surface area contributed by atoms with Gasteiger partial charge < -0.3 is 24.8 Å². The van der Waals surface area contributed by atoms with Crippen LogP contribution in [0.15, 0.2) is 29.3 Å². The Balaban J connectivity index is 1.76. The number of nitrogens with one attached hydrogen (secondary N) is 2. The fourth-order valence-electron chi connectivity index (χ4n) is 3.65. The molecule has 1 saturated heterocycles. The molecule has 1 fully saturated rings. The van der Waals surface area contributed by atoms with Crippen molar-refractivity contribution in [3.63, 3.8) is 0 Å². The van der Waals surface area contributed by atoms with Crippen LogP contribution in [0.1, 0.15) is 44.2 Å². The largest absolute Gasteiger partial charge is 0.496 e. The van der Waals surface area contributed by atoms with Gasteiger partial charge in [-0.1, -0.05) is 31.5 Å². The quantitative estimate of drug-likeness (QED) is 0.274. The van der Waals surface area contributed by atoms with Crippen molar-refractivity contribution in [2.45, 2.75) is 38.6 Å². The van der Waals surface area contributed by atoms with Gasteiger partial charge in [0.05, 0.1) is 33.0 Å². The number of methoxy groups -OCH3 is 1. The molecule has 1 aliphatic heterocycles. The molecule has 1 aliphatic rings. The summed E-state index contributed by atoms with van der Waals surface area (Å²) < 4.78 is 16.7. The number of hydrogen-bond acceptors (Lipinski definition) is 5. The van der Waals surface area contributed by atoms with E-state index >= 15 is 0 Å². The molecule has 30 heavy (non-hydrogen) atoms. The first-order valence-electron chi connectivity index (χ1n) is 11.3. The fourth-order valence-corrected chi connectivity index (χ4v) is 3.65. The van der Waals surface area contributed by atoms with Crippen LogP contribution in [0.3, 0.4) is 0 Å². The van der Waals surface area contributed by atoms with E-state index in [0.29, 0.717) is 26.4 Å². The Morgan fingerprint density at radius 3 is 2.50 bits per heavy atom. The minimum absolute atomic E-state index is 0.249. The highest BCUT2D eigenvalue weighted by Crippen LogP contribution is 2.31. The third-order valence-electron chi connectivity index (χ3n) is 5.32. The minimum atomic E-state index is 0.249. The predicted molar refractivity (Wildman–Crippen MR) is 122 cm³/mol. The Morgan fingerprint density at radius 2 is 1.80 bits per heavy atom. The van der Waals surface area contributed by atoms with Gasteiger partial charge in [0.15, 0.2) is 5.96 Å². The van der Waals surface area contributed by atoms with E-state index in [-0.39, 0.29) is 6.04 Å². The topological polar surface area (TPSA) is 67.3 Å². The third kappa shape index (κ3) is 8.50. The highest BCUT2D eigenvalue weighted by atomic mass is 16.5. The summed E-state index contributed by atoms with van der Waals surface area (Å²) in [7, 11) is 3.54. The lowest BCUT2D eigenvalue weighted by molar-refractivity contribution is 0.0487. The first-order valence-corrected chi connectivity index (χ1v) is 11.3. The smallest absolute Gasteiger partial charge is 0.191 e. The van der Waals surface area contributed by atoms with Crippen LogP contribution in [0, 0.1) is 0 Å². The molecular weight excluding hydrogens is 380 g/mol. The Hall–Kier alpha value is -1.83. The molecule has 7 nitrogen and oxygen atoms in total. The van der Waals surface area contributed by atoms with E-state index in [1.54, 1.807) is 14.2 Å². The second-order valence-electron chi connectivity index (χ2n) is 7.46. The van der Waals surface area contributed by atoms with E-state index in [2.05, 4.69) is 39.6 Å². The van der Waals surface area contributed by atoms with Gasteiger partial charge in [-0.05, 0) is 38.4 Å². The van der Waals surface area contributed by atoms with E-state index in [1.165, 1.54) is 18.4 Å². The Bertz CT molecular complexity index is 606. The third-order valence-corrected chi connectivity index (χ3v) is 5.32. The van der Waals surface area contributed by atoms with Crippen LogP contribution < -0.4 is 15.4 Å². The maximum Gasteiger partial charge on any atom is 0.191 e. The minimum Gasteiger partial charge on any atom is -0.496 e. The van der Waals surface area contributed by atoms with Crippen molar-refractivity contribution in [2.75, 3.05) is 66.8 Å². The number of unbranched alkanes of at least 4 members (excludes halogenated alkanes) is 1. The standard InChI is InChI=1S/C23H40N4O3/c1-4-5-15-29-17-18-30-16-12-25-23(24-2)26-19-21(27-13-8-9-14-27)20-10-6-7-11-22(20)28-3/h6-7,10-11,21H,4-5,8-9,12-19H2,1-3H3,(H2,24,25,26). The molecule has 0 amide bonds. The highest BCUT2D eigenvalue weighted by Gasteiger charge is 2.25. The summed E-state index contributed by atoms with van der Waals surface area (Å²) in [6, 6.07) is 8.55. The van der Waals surface area contributed by atoms with Crippen LogP contribution in [0.2, 0.25) is 0 Å². The van der Waals surface area contributed by atoms with E-state index in [9.17, 15) is 0 Å². The highest BCUT2D eigenvalue weighted by molar-refractivity contribution is 5.79. The van der Waals surface area contributed by atoms with Gasteiger partial charge in [-0.15, -0.1) is 0 Å². The molecule has 1 heterocycles. The first-order chi connectivity index (χ1) is 14.8. The molecule has 170 valence electrons. The molecule has 1 unspecified atom stereocenters. The molecule has 1 atom stereocenters. The summed E-state index contributed by atoms with van der Waals surface area (Å²) >= 11 is 0. The average Bonchev–Trinajstić information content (AvgIpc) is 3.31. The van der Waals surface area contributed by atoms with Crippen molar-refractivity contribution in [1.82, 2.24) is 15.5 Å². The number of nitrogens with zero attached hydrogens (tertiary/aromatic N) is 2. The van der Waals surface area contributed by atoms with Gasteiger partial charge in [0.1, 0.15) is 5.75 Å². The SMILES string of the molecule is CCCCOCCOCCNC(=NC)NCC(c1ccccc1OC)N1CCCC1. The van der Waals surface area contributed by atoms with Crippen molar-refractivity contribution in [3.05, 3.63) is 29.8 Å². The summed E-state index contributed by atoms with van der Waals surface area (Å²) in [5.41, 5.74) is 1.22. The van der Waals surface area contributed by atoms with Crippen molar-refractivity contribution in [3.8, 4) is 5.75 Å². The number of benzene rings is 1. The van der Waals surface area contributed by atoms with Crippen molar-refractivity contribution < 1.29 is 14.2 Å². The number of ether oxygens (including phenoxy) is 3. The Labute approximate surface area is 182 Å². The maximum absolute atomic E-state index is 5.63. The van der Waals surface area contributed by atoms with E-state index in [1.807, 2.05) is 12.1 Å². The summed E-state index contributed by atoms with van der Waals surface area (Å²) in [6.45, 7) is 8.60. The number of rotatable bonds is 14. The lowest BCUT2D eigenvalue weighted by Gasteiger charge is -2.30. The normalized spacial score (nSPS) is 15.9. The zero-order chi connectivity index (χ0) is 21.4. The van der Waals surface area contributed by atoms with E-state index in [0.717, 1.165) is 50.8 Å². The van der Waals surface area contributed by atoms with Gasteiger partial charge in [0.25, 0.3) is 0 Å². The molecule has 0 bridgehead atoms. The van der Waals surface area contributed by atoms with Crippen LogP contribution in [0.4, 0.5) is 0 Å². The monoisotopic (exact) mass is 420 g/mol.